The highest BCUT2D eigenvalue weighted by Crippen LogP contribution is 2.18. The lowest BCUT2D eigenvalue weighted by Crippen LogP contribution is -2.50. The van der Waals surface area contributed by atoms with E-state index >= 15 is 0 Å². The molecular weight excluding hydrogens is 344 g/mol. The van der Waals surface area contributed by atoms with Gasteiger partial charge in [0.2, 0.25) is 11.8 Å². The van der Waals surface area contributed by atoms with Crippen LogP contribution in [0.3, 0.4) is 0 Å². The van der Waals surface area contributed by atoms with Gasteiger partial charge in [0.25, 0.3) is 0 Å². The first kappa shape index (κ1) is 19.1. The Kier molecular flexibility index (Phi) is 6.24. The fraction of sp³-hybridized carbons (Fsp3) is 0.450. The van der Waals surface area contributed by atoms with E-state index < -0.39 is 0 Å². The molecule has 2 heterocycles. The zero-order chi connectivity index (χ0) is 19.2. The lowest BCUT2D eigenvalue weighted by Gasteiger charge is -2.36. The molecule has 1 aliphatic rings. The van der Waals surface area contributed by atoms with Crippen LogP contribution in [-0.2, 0) is 16.1 Å². The summed E-state index contributed by atoms with van der Waals surface area (Å²) in [7, 11) is 0. The summed E-state index contributed by atoms with van der Waals surface area (Å²) in [4.78, 5) is 38.5. The maximum atomic E-state index is 13.0. The van der Waals surface area contributed by atoms with Crippen LogP contribution in [0.1, 0.15) is 25.7 Å². The molecule has 0 aliphatic carbocycles. The lowest BCUT2D eigenvalue weighted by molar-refractivity contribution is -0.136. The summed E-state index contributed by atoms with van der Waals surface area (Å²) >= 11 is 0. The Morgan fingerprint density at radius 1 is 1.19 bits per heavy atom. The number of aromatic nitrogens is 1. The van der Waals surface area contributed by atoms with Crippen molar-refractivity contribution in [3.05, 3.63) is 46.8 Å². The minimum absolute atomic E-state index is 0.00128. The van der Waals surface area contributed by atoms with E-state index in [1.54, 1.807) is 12.3 Å². The van der Waals surface area contributed by atoms with Crippen molar-refractivity contribution < 1.29 is 9.59 Å². The van der Waals surface area contributed by atoms with Crippen molar-refractivity contribution in [2.24, 2.45) is 5.73 Å². The monoisotopic (exact) mass is 370 g/mol. The highest BCUT2D eigenvalue weighted by atomic mass is 16.2. The molecule has 7 heteroatoms. The molecule has 1 unspecified atom stereocenters. The van der Waals surface area contributed by atoms with E-state index in [2.05, 4.69) is 5.32 Å². The molecule has 1 saturated heterocycles. The molecule has 1 aromatic heterocycles. The van der Waals surface area contributed by atoms with Crippen LogP contribution in [0.5, 0.6) is 0 Å². The van der Waals surface area contributed by atoms with Crippen molar-refractivity contribution in [2.75, 3.05) is 19.6 Å². The number of piperidine rings is 1. The summed E-state index contributed by atoms with van der Waals surface area (Å²) in [6, 6.07) is 8.80. The van der Waals surface area contributed by atoms with Gasteiger partial charge < -0.3 is 20.5 Å². The minimum Gasteiger partial charge on any atom is -0.354 e. The Morgan fingerprint density at radius 3 is 2.81 bits per heavy atom. The zero-order valence-corrected chi connectivity index (χ0v) is 15.4. The summed E-state index contributed by atoms with van der Waals surface area (Å²) in [6.07, 6.45) is 4.85. The van der Waals surface area contributed by atoms with Crippen molar-refractivity contribution in [2.45, 2.75) is 38.3 Å². The van der Waals surface area contributed by atoms with Gasteiger partial charge >= 0.3 is 0 Å². The van der Waals surface area contributed by atoms with E-state index in [4.69, 9.17) is 5.73 Å². The van der Waals surface area contributed by atoms with Crippen LogP contribution < -0.4 is 16.5 Å². The number of hydrogen-bond acceptors (Lipinski definition) is 4. The summed E-state index contributed by atoms with van der Waals surface area (Å²) in [6.45, 7) is 1.64. The van der Waals surface area contributed by atoms with Crippen LogP contribution in [0.25, 0.3) is 10.9 Å². The molecule has 27 heavy (non-hydrogen) atoms. The smallest absolute Gasteiger partial charge is 0.242 e. The number of para-hydroxylation sites is 1. The van der Waals surface area contributed by atoms with Gasteiger partial charge in [0.05, 0.1) is 5.52 Å². The average molecular weight is 370 g/mol. The summed E-state index contributed by atoms with van der Waals surface area (Å²) in [5.41, 5.74) is 6.11. The van der Waals surface area contributed by atoms with Crippen molar-refractivity contribution in [1.82, 2.24) is 14.8 Å². The molecule has 3 N–H and O–H groups in total. The van der Waals surface area contributed by atoms with Crippen LogP contribution in [-0.4, -0.2) is 47.0 Å². The van der Waals surface area contributed by atoms with Gasteiger partial charge in [0.1, 0.15) is 6.54 Å². The second-order valence-corrected chi connectivity index (χ2v) is 6.90. The van der Waals surface area contributed by atoms with E-state index in [1.165, 1.54) is 6.07 Å². The van der Waals surface area contributed by atoms with E-state index in [0.29, 0.717) is 31.4 Å². The maximum Gasteiger partial charge on any atom is 0.242 e. The first-order valence-electron chi connectivity index (χ1n) is 9.44. The summed E-state index contributed by atoms with van der Waals surface area (Å²) < 4.78 is 1.82. The molecule has 0 radical (unpaired) electrons. The molecule has 2 amide bonds. The average Bonchev–Trinajstić information content (AvgIpc) is 2.69. The van der Waals surface area contributed by atoms with Crippen LogP contribution in [0, 0.1) is 0 Å². The van der Waals surface area contributed by atoms with Crippen molar-refractivity contribution in [3.63, 3.8) is 0 Å². The molecule has 0 bridgehead atoms. The second-order valence-electron chi connectivity index (χ2n) is 6.90. The summed E-state index contributed by atoms with van der Waals surface area (Å²) in [5.74, 6) is -0.0801. The third kappa shape index (κ3) is 4.54. The third-order valence-corrected chi connectivity index (χ3v) is 5.04. The van der Waals surface area contributed by atoms with Gasteiger partial charge in [-0.2, -0.15) is 0 Å². The first-order chi connectivity index (χ1) is 13.1. The van der Waals surface area contributed by atoms with Gasteiger partial charge in [-0.3, -0.25) is 14.4 Å². The number of nitrogens with one attached hydrogen (secondary N) is 1. The quantitative estimate of drug-likeness (QED) is 0.788. The first-order valence-corrected chi connectivity index (χ1v) is 9.44. The zero-order valence-electron chi connectivity index (χ0n) is 15.4. The third-order valence-electron chi connectivity index (χ3n) is 5.04. The number of hydrogen-bond donors (Lipinski definition) is 2. The van der Waals surface area contributed by atoms with Gasteiger partial charge in [-0.25, -0.2) is 0 Å². The fourth-order valence-electron chi connectivity index (χ4n) is 3.63. The molecule has 1 fully saturated rings. The van der Waals surface area contributed by atoms with E-state index in [9.17, 15) is 14.4 Å². The number of amides is 2. The topological polar surface area (TPSA) is 97.4 Å². The number of benzene rings is 1. The standard InChI is InChI=1S/C20H26N4O3/c21-10-8-19(26)22-13-15-5-3-4-11-24(15)20(27)14-23-12-9-18(25)16-6-1-2-7-17(16)23/h1-2,6-7,9,12,15H,3-5,8,10-11,13-14,21H2,(H,22,26). The number of nitrogens with zero attached hydrogens (tertiary/aromatic N) is 2. The van der Waals surface area contributed by atoms with Gasteiger partial charge in [-0.15, -0.1) is 0 Å². The number of carbonyl (C=O) groups excluding carboxylic acids is 2. The van der Waals surface area contributed by atoms with E-state index in [0.717, 1.165) is 24.8 Å². The number of rotatable bonds is 6. The summed E-state index contributed by atoms with van der Waals surface area (Å²) in [5, 5.41) is 3.49. The minimum atomic E-state index is -0.0816. The molecular formula is C20H26N4O3. The Hall–Kier alpha value is -2.67. The SMILES string of the molecule is NCCC(=O)NCC1CCCCN1C(=O)Cn1ccc(=O)c2ccccc21. The molecule has 0 spiro atoms. The number of fused-ring (bicyclic) bond motifs is 1. The van der Waals surface area contributed by atoms with Gasteiger partial charge in [0.15, 0.2) is 5.43 Å². The molecule has 0 saturated carbocycles. The van der Waals surface area contributed by atoms with Gasteiger partial charge in [0, 0.05) is 49.7 Å². The number of nitrogens with two attached hydrogens (primary N) is 1. The molecule has 2 aromatic rings. The highest BCUT2D eigenvalue weighted by Gasteiger charge is 2.27. The predicted molar refractivity (Wildman–Crippen MR) is 104 cm³/mol. The molecule has 144 valence electrons. The van der Waals surface area contributed by atoms with Crippen molar-refractivity contribution >= 4 is 22.7 Å². The Bertz CT molecular complexity index is 877. The maximum absolute atomic E-state index is 13.0. The molecule has 1 aliphatic heterocycles. The molecule has 1 aromatic carbocycles. The molecule has 3 rings (SSSR count). The van der Waals surface area contributed by atoms with Gasteiger partial charge in [-0.05, 0) is 31.4 Å². The van der Waals surface area contributed by atoms with E-state index in [-0.39, 0.29) is 29.8 Å². The number of carbonyl (C=O) groups is 2. The Balaban J connectivity index is 1.73. The van der Waals surface area contributed by atoms with Crippen molar-refractivity contribution in [1.29, 1.82) is 0 Å². The normalized spacial score (nSPS) is 17.1. The second kappa shape index (κ2) is 8.81. The largest absolute Gasteiger partial charge is 0.354 e. The Labute approximate surface area is 158 Å². The van der Waals surface area contributed by atoms with Crippen LogP contribution in [0.15, 0.2) is 41.3 Å². The number of likely N-dealkylation sites (tertiary alicyclic amines) is 1. The molecule has 7 nitrogen and oxygen atoms in total. The highest BCUT2D eigenvalue weighted by molar-refractivity contribution is 5.82. The molecule has 1 atom stereocenters. The van der Waals surface area contributed by atoms with Crippen molar-refractivity contribution in [3.8, 4) is 0 Å². The predicted octanol–water partition coefficient (Wildman–Crippen LogP) is 0.848. The lowest BCUT2D eigenvalue weighted by atomic mass is 10.0. The number of pyridine rings is 1. The van der Waals surface area contributed by atoms with Gasteiger partial charge in [-0.1, -0.05) is 12.1 Å². The van der Waals surface area contributed by atoms with E-state index in [1.807, 2.05) is 27.7 Å². The van der Waals surface area contributed by atoms with Crippen LogP contribution >= 0.6 is 0 Å². The van der Waals surface area contributed by atoms with Crippen LogP contribution in [0.4, 0.5) is 0 Å². The Morgan fingerprint density at radius 2 is 2.00 bits per heavy atom. The fourth-order valence-corrected chi connectivity index (χ4v) is 3.63. The van der Waals surface area contributed by atoms with Crippen LogP contribution in [0.2, 0.25) is 0 Å².